The first-order valence-electron chi connectivity index (χ1n) is 8.96. The maximum absolute atomic E-state index is 12.4. The van der Waals surface area contributed by atoms with Gasteiger partial charge >= 0.3 is 6.09 Å². The van der Waals surface area contributed by atoms with Gasteiger partial charge in [0, 0.05) is 18.8 Å². The van der Waals surface area contributed by atoms with Crippen LogP contribution in [0.3, 0.4) is 0 Å². The van der Waals surface area contributed by atoms with Gasteiger partial charge in [0.05, 0.1) is 27.2 Å². The number of thiophene rings is 1. The van der Waals surface area contributed by atoms with E-state index in [9.17, 15) is 18.0 Å². The second-order valence-electron chi connectivity index (χ2n) is 6.68. The minimum absolute atomic E-state index is 0.165. The first kappa shape index (κ1) is 20.1. The predicted molar refractivity (Wildman–Crippen MR) is 109 cm³/mol. The van der Waals surface area contributed by atoms with Gasteiger partial charge in [0.15, 0.2) is 0 Å². The second kappa shape index (κ2) is 7.94. The van der Waals surface area contributed by atoms with Gasteiger partial charge in [-0.2, -0.15) is 4.31 Å². The number of hydrogen-bond donors (Lipinski definition) is 1. The summed E-state index contributed by atoms with van der Waals surface area (Å²) in [5.74, 6) is -0.281. The molecule has 1 N–H and O–H groups in total. The van der Waals surface area contributed by atoms with Crippen molar-refractivity contribution in [2.45, 2.75) is 17.4 Å². The predicted octanol–water partition coefficient (Wildman–Crippen LogP) is 2.55. The number of nitrogens with zero attached hydrogens (tertiary/aromatic N) is 2. The molecule has 0 radical (unpaired) electrons. The molecule has 2 aliphatic heterocycles. The molecule has 0 spiro atoms. The zero-order valence-corrected chi connectivity index (χ0v) is 17.6. The molecule has 2 amide bonds. The van der Waals surface area contributed by atoms with E-state index in [0.717, 1.165) is 6.42 Å². The number of nitrogens with one attached hydrogen (secondary N) is 1. The first-order chi connectivity index (χ1) is 13.8. The molecule has 3 heterocycles. The highest BCUT2D eigenvalue weighted by Crippen LogP contribution is 2.26. The first-order valence-corrected chi connectivity index (χ1v) is 11.6. The van der Waals surface area contributed by atoms with E-state index in [4.69, 9.17) is 16.3 Å². The lowest BCUT2D eigenvalue weighted by atomic mass is 10.2. The fraction of sp³-hybridized carbons (Fsp3) is 0.333. The van der Waals surface area contributed by atoms with Crippen molar-refractivity contribution in [3.05, 3.63) is 45.6 Å². The average molecular weight is 456 g/mol. The normalized spacial score (nSPS) is 19.7. The van der Waals surface area contributed by atoms with Gasteiger partial charge in [0.25, 0.3) is 5.91 Å². The van der Waals surface area contributed by atoms with Crippen LogP contribution in [-0.2, 0) is 14.8 Å². The molecule has 0 saturated carbocycles. The molecule has 11 heteroatoms. The van der Waals surface area contributed by atoms with E-state index < -0.39 is 22.2 Å². The summed E-state index contributed by atoms with van der Waals surface area (Å²) in [4.78, 5) is 26.4. The third-order valence-electron chi connectivity index (χ3n) is 4.76. The number of carbonyl (C=O) groups excluding carboxylic acids is 2. The topological polar surface area (TPSA) is 96.0 Å². The largest absolute Gasteiger partial charge is 0.442 e. The average Bonchev–Trinajstić information content (AvgIpc) is 3.24. The molecular weight excluding hydrogens is 438 g/mol. The number of rotatable bonds is 6. The number of cyclic esters (lactones) is 1. The Morgan fingerprint density at radius 3 is 2.52 bits per heavy atom. The Balaban J connectivity index is 1.37. The molecule has 1 aromatic heterocycles. The van der Waals surface area contributed by atoms with Gasteiger partial charge in [-0.1, -0.05) is 11.6 Å². The van der Waals surface area contributed by atoms with E-state index in [-0.39, 0.29) is 23.9 Å². The van der Waals surface area contributed by atoms with Gasteiger partial charge in [0.2, 0.25) is 10.0 Å². The zero-order valence-electron chi connectivity index (χ0n) is 15.2. The van der Waals surface area contributed by atoms with Crippen molar-refractivity contribution in [2.75, 3.05) is 31.1 Å². The maximum atomic E-state index is 12.4. The quantitative estimate of drug-likeness (QED) is 0.722. The van der Waals surface area contributed by atoms with Crippen LogP contribution in [0.4, 0.5) is 10.5 Å². The third-order valence-corrected chi connectivity index (χ3v) is 7.91. The Hall–Kier alpha value is -2.14. The fourth-order valence-electron chi connectivity index (χ4n) is 3.04. The van der Waals surface area contributed by atoms with Crippen LogP contribution in [0.25, 0.3) is 0 Å². The SMILES string of the molecule is O=C(NC[C@H]1CN(c2ccc(S(=O)(=O)N3CCC3)cc2)C(=O)O1)c1ccc(Cl)s1. The number of carbonyl (C=O) groups is 2. The molecule has 1 atom stereocenters. The van der Waals surface area contributed by atoms with E-state index in [1.165, 1.54) is 32.7 Å². The van der Waals surface area contributed by atoms with Crippen LogP contribution < -0.4 is 10.2 Å². The molecule has 154 valence electrons. The maximum Gasteiger partial charge on any atom is 0.414 e. The highest BCUT2D eigenvalue weighted by molar-refractivity contribution is 7.89. The van der Waals surface area contributed by atoms with Crippen LogP contribution in [0.5, 0.6) is 0 Å². The number of sulfonamides is 1. The van der Waals surface area contributed by atoms with E-state index in [2.05, 4.69) is 5.32 Å². The van der Waals surface area contributed by atoms with E-state index in [1.54, 1.807) is 24.3 Å². The van der Waals surface area contributed by atoms with Crippen molar-refractivity contribution in [1.29, 1.82) is 0 Å². The zero-order chi connectivity index (χ0) is 20.6. The molecule has 2 aromatic rings. The number of anilines is 1. The fourth-order valence-corrected chi connectivity index (χ4v) is 5.52. The van der Waals surface area contributed by atoms with Crippen molar-refractivity contribution < 1.29 is 22.7 Å². The van der Waals surface area contributed by atoms with Gasteiger partial charge < -0.3 is 10.1 Å². The van der Waals surface area contributed by atoms with Crippen LogP contribution in [0, 0.1) is 0 Å². The van der Waals surface area contributed by atoms with Crippen LogP contribution in [0.15, 0.2) is 41.3 Å². The Bertz CT molecular complexity index is 1030. The summed E-state index contributed by atoms with van der Waals surface area (Å²) in [7, 11) is -3.47. The molecule has 29 heavy (non-hydrogen) atoms. The van der Waals surface area contributed by atoms with Crippen molar-refractivity contribution in [3.8, 4) is 0 Å². The summed E-state index contributed by atoms with van der Waals surface area (Å²) >= 11 is 7.00. The molecular formula is C18H18ClN3O5S2. The molecule has 2 saturated heterocycles. The molecule has 0 bridgehead atoms. The minimum Gasteiger partial charge on any atom is -0.442 e. The number of halogens is 1. The smallest absolute Gasteiger partial charge is 0.414 e. The van der Waals surface area contributed by atoms with Crippen LogP contribution in [0.1, 0.15) is 16.1 Å². The van der Waals surface area contributed by atoms with Crippen LogP contribution in [0.2, 0.25) is 4.34 Å². The van der Waals surface area contributed by atoms with E-state index in [1.807, 2.05) is 0 Å². The number of hydrogen-bond acceptors (Lipinski definition) is 6. The molecule has 2 aliphatic rings. The van der Waals surface area contributed by atoms with Crippen molar-refractivity contribution in [3.63, 3.8) is 0 Å². The minimum atomic E-state index is -3.47. The van der Waals surface area contributed by atoms with Crippen molar-refractivity contribution in [1.82, 2.24) is 9.62 Å². The number of amides is 2. The lowest BCUT2D eigenvalue weighted by Crippen LogP contribution is -2.41. The van der Waals surface area contributed by atoms with Crippen LogP contribution >= 0.6 is 22.9 Å². The number of ether oxygens (including phenoxy) is 1. The standard InChI is InChI=1S/C18H18ClN3O5S2/c19-16-7-6-15(28-16)17(23)20-10-13-11-22(18(24)27-13)12-2-4-14(5-3-12)29(25,26)21-8-1-9-21/h2-7,13H,1,8-11H2,(H,20,23)/t13-/m0/s1. The summed E-state index contributed by atoms with van der Waals surface area (Å²) in [6, 6.07) is 9.43. The van der Waals surface area contributed by atoms with Crippen molar-refractivity contribution in [2.24, 2.45) is 0 Å². The lowest BCUT2D eigenvalue weighted by molar-refractivity contribution is 0.0920. The summed E-state index contributed by atoms with van der Waals surface area (Å²) < 4.78 is 32.1. The van der Waals surface area contributed by atoms with E-state index in [0.29, 0.717) is 28.0 Å². The summed E-state index contributed by atoms with van der Waals surface area (Å²) in [6.45, 7) is 1.49. The third kappa shape index (κ3) is 4.11. The summed E-state index contributed by atoms with van der Waals surface area (Å²) in [5.41, 5.74) is 0.538. The second-order valence-corrected chi connectivity index (χ2v) is 10.3. The Labute approximate surface area is 177 Å². The highest BCUT2D eigenvalue weighted by Gasteiger charge is 2.33. The summed E-state index contributed by atoms with van der Waals surface area (Å²) in [5, 5.41) is 2.73. The van der Waals surface area contributed by atoms with Crippen molar-refractivity contribution >= 4 is 50.6 Å². The van der Waals surface area contributed by atoms with Gasteiger partial charge in [-0.15, -0.1) is 11.3 Å². The molecule has 0 aliphatic carbocycles. The van der Waals surface area contributed by atoms with Gasteiger partial charge in [0.1, 0.15) is 6.10 Å². The Kier molecular flexibility index (Phi) is 5.52. The van der Waals surface area contributed by atoms with Gasteiger partial charge in [-0.05, 0) is 42.8 Å². The Morgan fingerprint density at radius 2 is 1.93 bits per heavy atom. The molecule has 1 aromatic carbocycles. The Morgan fingerprint density at radius 1 is 1.21 bits per heavy atom. The van der Waals surface area contributed by atoms with Gasteiger partial charge in [-0.25, -0.2) is 13.2 Å². The van der Waals surface area contributed by atoms with Crippen LogP contribution in [-0.4, -0.2) is 57.0 Å². The van der Waals surface area contributed by atoms with Gasteiger partial charge in [-0.3, -0.25) is 9.69 Å². The molecule has 2 fully saturated rings. The highest BCUT2D eigenvalue weighted by atomic mass is 35.5. The summed E-state index contributed by atoms with van der Waals surface area (Å²) in [6.07, 6.45) is -0.179. The lowest BCUT2D eigenvalue weighted by Gasteiger charge is -2.29. The monoisotopic (exact) mass is 455 g/mol. The number of benzene rings is 1. The van der Waals surface area contributed by atoms with E-state index >= 15 is 0 Å². The molecule has 8 nitrogen and oxygen atoms in total. The molecule has 4 rings (SSSR count). The molecule has 0 unspecified atom stereocenters.